The van der Waals surface area contributed by atoms with E-state index in [1.807, 2.05) is 44.2 Å². The van der Waals surface area contributed by atoms with E-state index in [0.717, 1.165) is 5.56 Å². The van der Waals surface area contributed by atoms with Crippen molar-refractivity contribution >= 4 is 14.0 Å². The zero-order chi connectivity index (χ0) is 25.7. The summed E-state index contributed by atoms with van der Waals surface area (Å²) >= 11 is 0. The summed E-state index contributed by atoms with van der Waals surface area (Å²) in [4.78, 5) is 27.1. The second kappa shape index (κ2) is 11.4. The van der Waals surface area contributed by atoms with Gasteiger partial charge in [-0.1, -0.05) is 56.7 Å². The number of aryl methyl sites for hydroxylation is 1. The molecule has 6 nitrogen and oxygen atoms in total. The number of halogens is 1. The molecule has 0 spiro atoms. The first-order valence-electron chi connectivity index (χ1n) is 11.1. The lowest BCUT2D eigenvalue weighted by Gasteiger charge is -2.27. The van der Waals surface area contributed by atoms with Gasteiger partial charge in [0, 0.05) is 11.3 Å². The molecule has 2 N–H and O–H groups in total. The molecule has 182 valence electrons. The summed E-state index contributed by atoms with van der Waals surface area (Å²) in [6.45, 7) is 5.38. The molecule has 0 saturated carbocycles. The van der Waals surface area contributed by atoms with E-state index in [2.05, 4.69) is 4.74 Å². The summed E-state index contributed by atoms with van der Waals surface area (Å²) in [5.41, 5.74) is 2.44. The van der Waals surface area contributed by atoms with Crippen molar-refractivity contribution in [1.29, 1.82) is 0 Å². The van der Waals surface area contributed by atoms with Gasteiger partial charge in [0.25, 0.3) is 0 Å². The van der Waals surface area contributed by atoms with Crippen LogP contribution in [0.25, 0.3) is 22.4 Å². The fourth-order valence-electron chi connectivity index (χ4n) is 4.03. The van der Waals surface area contributed by atoms with Gasteiger partial charge in [-0.25, -0.2) is 4.39 Å². The van der Waals surface area contributed by atoms with E-state index in [1.54, 1.807) is 31.2 Å². The molecule has 3 atom stereocenters. The topological polar surface area (TPSA) is 96.7 Å². The second-order valence-corrected chi connectivity index (χ2v) is 9.82. The van der Waals surface area contributed by atoms with Crippen LogP contribution in [-0.4, -0.2) is 27.1 Å². The Morgan fingerprint density at radius 3 is 2.43 bits per heavy atom. The maximum atomic E-state index is 14.1. The maximum absolute atomic E-state index is 14.1. The zero-order valence-electron chi connectivity index (χ0n) is 19.7. The first-order valence-corrected chi connectivity index (χ1v) is 12.5. The van der Waals surface area contributed by atoms with Crippen LogP contribution >= 0.6 is 8.03 Å². The Bertz CT molecular complexity index is 1290. The molecule has 0 aliphatic carbocycles. The van der Waals surface area contributed by atoms with E-state index in [4.69, 9.17) is 11.4 Å². The SMILES string of the molecule is C#COC(=O)CC(O)C(c1c(-c2ccc(F)c(C)c2)cc(-c2ccccc2)nc1C(C)C)[PH](=O)O. The number of hydrogen-bond acceptors (Lipinski definition) is 5. The van der Waals surface area contributed by atoms with Gasteiger partial charge >= 0.3 is 5.97 Å². The van der Waals surface area contributed by atoms with Crippen LogP contribution in [0.5, 0.6) is 0 Å². The average molecular weight is 495 g/mol. The Morgan fingerprint density at radius 1 is 1.17 bits per heavy atom. The van der Waals surface area contributed by atoms with Crippen molar-refractivity contribution in [2.45, 2.75) is 44.9 Å². The van der Waals surface area contributed by atoms with E-state index in [0.29, 0.717) is 33.6 Å². The Balaban J connectivity index is 2.33. The van der Waals surface area contributed by atoms with E-state index >= 15 is 0 Å². The van der Waals surface area contributed by atoms with Crippen molar-refractivity contribution in [2.24, 2.45) is 0 Å². The Labute approximate surface area is 204 Å². The Hall–Kier alpha value is -3.30. The summed E-state index contributed by atoms with van der Waals surface area (Å²) < 4.78 is 31.2. The highest BCUT2D eigenvalue weighted by molar-refractivity contribution is 7.38. The number of ether oxygens (including phenoxy) is 1. The molecule has 3 aromatic rings. The molecule has 1 heterocycles. The van der Waals surface area contributed by atoms with Gasteiger partial charge in [-0.3, -0.25) is 14.3 Å². The summed E-state index contributed by atoms with van der Waals surface area (Å²) in [6, 6.07) is 15.7. The maximum Gasteiger partial charge on any atom is 0.322 e. The lowest BCUT2D eigenvalue weighted by Crippen LogP contribution is -2.23. The van der Waals surface area contributed by atoms with Crippen molar-refractivity contribution in [3.05, 3.63) is 77.2 Å². The molecule has 0 aliphatic heterocycles. The van der Waals surface area contributed by atoms with Gasteiger partial charge in [-0.2, -0.15) is 0 Å². The highest BCUT2D eigenvalue weighted by Crippen LogP contribution is 2.48. The van der Waals surface area contributed by atoms with E-state index < -0.39 is 32.2 Å². The normalized spacial score (nSPS) is 13.7. The third kappa shape index (κ3) is 6.04. The third-order valence-electron chi connectivity index (χ3n) is 5.68. The third-order valence-corrected chi connectivity index (χ3v) is 6.89. The van der Waals surface area contributed by atoms with Crippen LogP contribution in [0, 0.1) is 25.3 Å². The fraction of sp³-hybridized carbons (Fsp3) is 0.259. The van der Waals surface area contributed by atoms with Crippen LogP contribution < -0.4 is 0 Å². The van der Waals surface area contributed by atoms with Crippen LogP contribution in [-0.2, 0) is 14.1 Å². The number of esters is 1. The largest absolute Gasteiger partial charge is 0.391 e. The molecular weight excluding hydrogens is 468 g/mol. The molecule has 2 aromatic carbocycles. The molecule has 3 unspecified atom stereocenters. The fourth-order valence-corrected chi connectivity index (χ4v) is 5.02. The van der Waals surface area contributed by atoms with Gasteiger partial charge < -0.3 is 14.7 Å². The van der Waals surface area contributed by atoms with Crippen molar-refractivity contribution in [3.63, 3.8) is 0 Å². The van der Waals surface area contributed by atoms with Gasteiger partial charge in [0.15, 0.2) is 8.03 Å². The molecule has 0 saturated heterocycles. The van der Waals surface area contributed by atoms with Gasteiger partial charge in [-0.15, -0.1) is 0 Å². The lowest BCUT2D eigenvalue weighted by atomic mass is 9.88. The summed E-state index contributed by atoms with van der Waals surface area (Å²) in [6.07, 6.45) is 4.60. The monoisotopic (exact) mass is 495 g/mol. The number of aliphatic hydroxyl groups excluding tert-OH is 1. The zero-order valence-corrected chi connectivity index (χ0v) is 20.7. The number of carbonyl (C=O) groups excluding carboxylic acids is 1. The Kier molecular flexibility index (Phi) is 8.58. The number of hydrogen-bond donors (Lipinski definition) is 2. The molecule has 0 bridgehead atoms. The van der Waals surface area contributed by atoms with E-state index in [-0.39, 0.29) is 11.7 Å². The molecule has 0 amide bonds. The summed E-state index contributed by atoms with van der Waals surface area (Å²) in [7, 11) is -3.44. The molecule has 0 fully saturated rings. The minimum Gasteiger partial charge on any atom is -0.391 e. The second-order valence-electron chi connectivity index (χ2n) is 8.52. The lowest BCUT2D eigenvalue weighted by molar-refractivity contribution is -0.139. The number of aromatic nitrogens is 1. The average Bonchev–Trinajstić information content (AvgIpc) is 2.81. The highest BCUT2D eigenvalue weighted by atomic mass is 31.1. The number of nitrogens with zero attached hydrogens (tertiary/aromatic N) is 1. The van der Waals surface area contributed by atoms with E-state index in [1.165, 1.54) is 6.07 Å². The molecule has 0 radical (unpaired) electrons. The van der Waals surface area contributed by atoms with Crippen LogP contribution in [0.1, 0.15) is 48.7 Å². The molecular formula is C27H27FNO5P. The first kappa shape index (κ1) is 26.3. The molecule has 8 heteroatoms. The minimum absolute atomic E-state index is 0.206. The van der Waals surface area contributed by atoms with Crippen molar-refractivity contribution < 1.29 is 28.5 Å². The molecule has 3 rings (SSSR count). The van der Waals surface area contributed by atoms with Gasteiger partial charge in [0.05, 0.1) is 23.9 Å². The number of aliphatic hydroxyl groups is 1. The number of benzene rings is 2. The first-order chi connectivity index (χ1) is 16.6. The standard InChI is InChI=1S/C27H27FNO5P/c1-5-34-24(31)15-23(30)27(35(32)33)25-20(19-11-12-21(28)17(4)13-19)14-22(29-26(25)16(2)3)18-9-7-6-8-10-18/h1,6-14,16,23,27,30,35H,15H2,2-4H3,(H,32,33). The minimum atomic E-state index is -3.44. The van der Waals surface area contributed by atoms with Crippen LogP contribution in [0.3, 0.4) is 0 Å². The van der Waals surface area contributed by atoms with Gasteiger partial charge in [0.2, 0.25) is 0 Å². The summed E-state index contributed by atoms with van der Waals surface area (Å²) in [5, 5.41) is 10.9. The highest BCUT2D eigenvalue weighted by Gasteiger charge is 2.34. The van der Waals surface area contributed by atoms with Gasteiger partial charge in [0.1, 0.15) is 11.9 Å². The van der Waals surface area contributed by atoms with E-state index in [9.17, 15) is 23.7 Å². The quantitative estimate of drug-likeness (QED) is 0.248. The van der Waals surface area contributed by atoms with Gasteiger partial charge in [-0.05, 0) is 53.3 Å². The Morgan fingerprint density at radius 2 is 1.86 bits per heavy atom. The molecule has 35 heavy (non-hydrogen) atoms. The van der Waals surface area contributed by atoms with Crippen molar-refractivity contribution in [1.82, 2.24) is 4.98 Å². The van der Waals surface area contributed by atoms with Crippen molar-refractivity contribution in [3.8, 4) is 34.9 Å². The number of terminal acetylenes is 1. The van der Waals surface area contributed by atoms with Crippen LogP contribution in [0.2, 0.25) is 0 Å². The van der Waals surface area contributed by atoms with Crippen molar-refractivity contribution in [2.75, 3.05) is 0 Å². The molecule has 0 aliphatic rings. The van der Waals surface area contributed by atoms with Crippen LogP contribution in [0.15, 0.2) is 54.6 Å². The molecule has 1 aromatic heterocycles. The number of carbonyl (C=O) groups is 1. The van der Waals surface area contributed by atoms with Crippen LogP contribution in [0.4, 0.5) is 4.39 Å². The summed E-state index contributed by atoms with van der Waals surface area (Å²) in [5.74, 6) is -1.49. The predicted molar refractivity (Wildman–Crippen MR) is 133 cm³/mol. The number of rotatable bonds is 8. The smallest absolute Gasteiger partial charge is 0.322 e. The number of pyridine rings is 1. The predicted octanol–water partition coefficient (Wildman–Crippen LogP) is 5.38.